The van der Waals surface area contributed by atoms with Crippen molar-refractivity contribution >= 4 is 5.78 Å². The zero-order valence-corrected chi connectivity index (χ0v) is 16.2. The number of carbonyl (C=O) groups excluding carboxylic acids is 1. The van der Waals surface area contributed by atoms with E-state index in [9.17, 15) is 9.90 Å². The van der Waals surface area contributed by atoms with E-state index < -0.39 is 5.60 Å². The highest BCUT2D eigenvalue weighted by Gasteiger charge is 2.80. The number of piperidine rings is 1. The predicted octanol–water partition coefficient (Wildman–Crippen LogP) is 2.43. The molecule has 5 heteroatoms. The Morgan fingerprint density at radius 2 is 2.15 bits per heavy atom. The van der Waals surface area contributed by atoms with Crippen molar-refractivity contribution in [2.75, 3.05) is 20.7 Å². The van der Waals surface area contributed by atoms with Crippen LogP contribution in [0.15, 0.2) is 12.1 Å². The van der Waals surface area contributed by atoms with E-state index in [0.717, 1.165) is 38.6 Å². The Bertz CT molecular complexity index is 883. The van der Waals surface area contributed by atoms with Gasteiger partial charge in [-0.1, -0.05) is 6.07 Å². The molecule has 4 bridgehead atoms. The largest absolute Gasteiger partial charge is 0.504 e. The van der Waals surface area contributed by atoms with Crippen molar-refractivity contribution in [1.29, 1.82) is 0 Å². The molecule has 1 aromatic carbocycles. The Hall–Kier alpha value is -1.59. The lowest BCUT2D eigenvalue weighted by Gasteiger charge is -2.73. The molecule has 0 aromatic heterocycles. The number of nitrogens with zero attached hydrogens (tertiary/aromatic N) is 1. The number of ketones is 1. The molecular formula is C22H27NO4. The molecule has 3 saturated carbocycles. The highest BCUT2D eigenvalue weighted by molar-refractivity contribution is 5.81. The van der Waals surface area contributed by atoms with Crippen molar-refractivity contribution < 1.29 is 19.4 Å². The number of likely N-dealkylation sites (N-methyl/N-ethyl adjacent to an activating group) is 1. The number of aromatic hydroxyl groups is 1. The van der Waals surface area contributed by atoms with Crippen LogP contribution in [0, 0.1) is 11.3 Å². The van der Waals surface area contributed by atoms with Gasteiger partial charge in [-0.2, -0.15) is 0 Å². The van der Waals surface area contributed by atoms with Crippen LogP contribution in [0.4, 0.5) is 0 Å². The first-order valence-corrected chi connectivity index (χ1v) is 10.2. The molecule has 6 aliphatic rings. The van der Waals surface area contributed by atoms with Gasteiger partial charge < -0.3 is 19.5 Å². The molecule has 27 heavy (non-hydrogen) atoms. The summed E-state index contributed by atoms with van der Waals surface area (Å²) < 4.78 is 12.8. The van der Waals surface area contributed by atoms with E-state index in [4.69, 9.17) is 9.47 Å². The number of hydrogen-bond acceptors (Lipinski definition) is 5. The molecule has 1 aromatic rings. The standard InChI is InChI=1S/C22H27NO4/c1-12(24)14-11-20-6-7-22(14,26-3)19-21(20)8-9-23(2)16(20)10-13-4-5-15(25)18(27-19)17(13)21/h4-5,14,16,19,25H,6-11H2,1-3H3/t14-,16+,19+,20-,21-,22?/m0/s1. The fourth-order valence-electron chi connectivity index (χ4n) is 8.15. The summed E-state index contributed by atoms with van der Waals surface area (Å²) in [6, 6.07) is 4.28. The normalized spacial score (nSPS) is 46.1. The van der Waals surface area contributed by atoms with Gasteiger partial charge in [-0.05, 0) is 64.3 Å². The summed E-state index contributed by atoms with van der Waals surface area (Å²) >= 11 is 0. The summed E-state index contributed by atoms with van der Waals surface area (Å²) in [7, 11) is 3.98. The van der Waals surface area contributed by atoms with Crippen molar-refractivity contribution in [3.63, 3.8) is 0 Å². The number of Topliss-reactive ketones (excluding diaryl/α,β-unsaturated/α-hetero) is 1. The molecular weight excluding hydrogens is 342 g/mol. The summed E-state index contributed by atoms with van der Waals surface area (Å²) in [6.07, 6.45) is 4.58. The maximum absolute atomic E-state index is 12.8. The average molecular weight is 369 g/mol. The molecule has 0 radical (unpaired) electrons. The smallest absolute Gasteiger partial charge is 0.165 e. The van der Waals surface area contributed by atoms with E-state index in [1.807, 2.05) is 0 Å². The van der Waals surface area contributed by atoms with Crippen LogP contribution in [0.2, 0.25) is 0 Å². The van der Waals surface area contributed by atoms with Gasteiger partial charge in [0.05, 0.1) is 5.92 Å². The van der Waals surface area contributed by atoms with Gasteiger partial charge in [-0.25, -0.2) is 0 Å². The van der Waals surface area contributed by atoms with Crippen LogP contribution < -0.4 is 4.74 Å². The van der Waals surface area contributed by atoms with Crippen molar-refractivity contribution in [2.24, 2.45) is 11.3 Å². The molecule has 2 aliphatic heterocycles. The number of likely N-dealkylation sites (tertiary alicyclic amines) is 1. The first-order valence-electron chi connectivity index (χ1n) is 10.2. The van der Waals surface area contributed by atoms with Gasteiger partial charge in [0.1, 0.15) is 17.5 Å². The number of fused-ring (bicyclic) bond motifs is 2. The fourth-order valence-corrected chi connectivity index (χ4v) is 8.15. The summed E-state index contributed by atoms with van der Waals surface area (Å²) in [5.74, 6) is 0.968. The van der Waals surface area contributed by atoms with Crippen LogP contribution in [-0.4, -0.2) is 54.2 Å². The maximum atomic E-state index is 12.8. The average Bonchev–Trinajstić information content (AvgIpc) is 3.03. The van der Waals surface area contributed by atoms with Crippen LogP contribution in [0.3, 0.4) is 0 Å². The minimum Gasteiger partial charge on any atom is -0.504 e. The number of carbonyl (C=O) groups is 1. The molecule has 4 aliphatic carbocycles. The Morgan fingerprint density at radius 1 is 1.33 bits per heavy atom. The number of ether oxygens (including phenoxy) is 2. The Balaban J connectivity index is 1.70. The monoisotopic (exact) mass is 369 g/mol. The molecule has 1 saturated heterocycles. The Morgan fingerprint density at radius 3 is 2.89 bits per heavy atom. The molecule has 1 unspecified atom stereocenters. The van der Waals surface area contributed by atoms with Crippen LogP contribution >= 0.6 is 0 Å². The van der Waals surface area contributed by atoms with Crippen LogP contribution in [0.5, 0.6) is 11.5 Å². The van der Waals surface area contributed by atoms with E-state index in [1.165, 1.54) is 11.1 Å². The van der Waals surface area contributed by atoms with Gasteiger partial charge in [0.15, 0.2) is 11.5 Å². The molecule has 4 fully saturated rings. The Kier molecular flexibility index (Phi) is 2.84. The fraction of sp³-hybridized carbons (Fsp3) is 0.682. The van der Waals surface area contributed by atoms with E-state index in [2.05, 4.69) is 18.0 Å². The number of rotatable bonds is 2. The van der Waals surface area contributed by atoms with Gasteiger partial charge in [-0.15, -0.1) is 0 Å². The van der Waals surface area contributed by atoms with E-state index in [1.54, 1.807) is 20.1 Å². The predicted molar refractivity (Wildman–Crippen MR) is 99.1 cm³/mol. The number of benzene rings is 1. The SMILES string of the molecule is COC12CC[C@]3(C[C@H]1C(C)=O)[C@H]1Cc4ccc(O)c5c4[C@@]3(CCN1C)[C@H]2O5. The lowest BCUT2D eigenvalue weighted by atomic mass is 9.34. The zero-order chi connectivity index (χ0) is 18.8. The first-order chi connectivity index (χ1) is 12.9. The quantitative estimate of drug-likeness (QED) is 0.868. The number of phenolic OH excluding ortho intramolecular Hbond substituents is 1. The second-order valence-electron chi connectivity index (χ2n) is 9.55. The number of hydrogen-bond donors (Lipinski definition) is 1. The summed E-state index contributed by atoms with van der Waals surface area (Å²) in [5.41, 5.74) is 1.83. The van der Waals surface area contributed by atoms with Crippen molar-refractivity contribution in [2.45, 2.75) is 62.2 Å². The van der Waals surface area contributed by atoms with Gasteiger partial charge in [-0.3, -0.25) is 4.79 Å². The third-order valence-corrected chi connectivity index (χ3v) is 9.12. The molecule has 2 spiro atoms. The Labute approximate surface area is 159 Å². The van der Waals surface area contributed by atoms with Crippen LogP contribution in [-0.2, 0) is 21.4 Å². The van der Waals surface area contributed by atoms with Crippen molar-refractivity contribution in [3.8, 4) is 11.5 Å². The molecule has 6 atom stereocenters. The van der Waals surface area contributed by atoms with Gasteiger partial charge in [0.25, 0.3) is 0 Å². The molecule has 7 rings (SSSR count). The molecule has 1 N–H and O–H groups in total. The van der Waals surface area contributed by atoms with Gasteiger partial charge >= 0.3 is 0 Å². The molecule has 2 heterocycles. The van der Waals surface area contributed by atoms with E-state index in [0.29, 0.717) is 11.8 Å². The maximum Gasteiger partial charge on any atom is 0.165 e. The second-order valence-corrected chi connectivity index (χ2v) is 9.55. The highest BCUT2D eigenvalue weighted by Crippen LogP contribution is 2.76. The minimum atomic E-state index is -0.589. The zero-order valence-electron chi connectivity index (χ0n) is 16.2. The van der Waals surface area contributed by atoms with E-state index >= 15 is 0 Å². The summed E-state index contributed by atoms with van der Waals surface area (Å²) in [6.45, 7) is 2.73. The lowest BCUT2D eigenvalue weighted by molar-refractivity contribution is -0.270. The number of phenols is 1. The van der Waals surface area contributed by atoms with Crippen molar-refractivity contribution in [1.82, 2.24) is 4.90 Å². The van der Waals surface area contributed by atoms with Crippen LogP contribution in [0.25, 0.3) is 0 Å². The summed E-state index contributed by atoms with van der Waals surface area (Å²) in [5, 5.41) is 10.6. The molecule has 144 valence electrons. The van der Waals surface area contributed by atoms with Crippen molar-refractivity contribution in [3.05, 3.63) is 23.3 Å². The topological polar surface area (TPSA) is 59.0 Å². The molecule has 5 nitrogen and oxygen atoms in total. The summed E-state index contributed by atoms with van der Waals surface area (Å²) in [4.78, 5) is 15.3. The minimum absolute atomic E-state index is 0.0212. The third kappa shape index (κ3) is 1.47. The van der Waals surface area contributed by atoms with E-state index in [-0.39, 0.29) is 34.4 Å². The van der Waals surface area contributed by atoms with Gasteiger partial charge in [0, 0.05) is 29.5 Å². The van der Waals surface area contributed by atoms with Gasteiger partial charge in [0.2, 0.25) is 0 Å². The number of methoxy groups -OCH3 is 1. The lowest BCUT2D eigenvalue weighted by Crippen LogP contribution is -2.81. The highest BCUT2D eigenvalue weighted by atomic mass is 16.6. The third-order valence-electron chi connectivity index (χ3n) is 9.12. The van der Waals surface area contributed by atoms with Crippen LogP contribution in [0.1, 0.15) is 43.7 Å². The molecule has 0 amide bonds. The second kappa shape index (κ2) is 4.69. The first kappa shape index (κ1) is 16.4.